The zero-order valence-electron chi connectivity index (χ0n) is 21.1. The predicted molar refractivity (Wildman–Crippen MR) is 140 cm³/mol. The fraction of sp³-hybridized carbons (Fsp3) is 0.548. The van der Waals surface area contributed by atoms with Gasteiger partial charge in [0.1, 0.15) is 17.9 Å². The third-order valence-electron chi connectivity index (χ3n) is 7.40. The Kier molecular flexibility index (Phi) is 10.5. The molecule has 0 aromatic heterocycles. The molecule has 180 valence electrons. The van der Waals surface area contributed by atoms with Gasteiger partial charge < -0.3 is 4.74 Å². The molecule has 34 heavy (non-hydrogen) atoms. The van der Waals surface area contributed by atoms with Crippen LogP contribution in [0.4, 0.5) is 0 Å². The summed E-state index contributed by atoms with van der Waals surface area (Å²) in [7, 11) is 0. The molecule has 0 unspecified atom stereocenters. The molecule has 2 aromatic rings. The maximum atomic E-state index is 10.0. The van der Waals surface area contributed by atoms with Crippen LogP contribution >= 0.6 is 0 Å². The molecule has 0 atom stereocenters. The second kappa shape index (κ2) is 13.8. The molecule has 0 heterocycles. The number of hydrogen-bond acceptors (Lipinski definition) is 3. The molecule has 3 rings (SSSR count). The molecule has 0 aliphatic heterocycles. The first-order valence-electron chi connectivity index (χ1n) is 13.4. The number of unbranched alkanes of at least 4 members (excludes halogenated alkanes) is 5. The van der Waals surface area contributed by atoms with Gasteiger partial charge in [0, 0.05) is 5.56 Å². The summed E-state index contributed by atoms with van der Waals surface area (Å²) in [6.45, 7) is 5.20. The van der Waals surface area contributed by atoms with Crippen molar-refractivity contribution < 1.29 is 4.74 Å². The largest absolute Gasteiger partial charge is 0.494 e. The minimum absolute atomic E-state index is 0.390. The van der Waals surface area contributed by atoms with Crippen LogP contribution in [-0.2, 0) is 0 Å². The smallest absolute Gasteiger partial charge is 0.119 e. The van der Waals surface area contributed by atoms with Crippen molar-refractivity contribution in [1.29, 1.82) is 10.5 Å². The first-order valence-corrected chi connectivity index (χ1v) is 13.4. The van der Waals surface area contributed by atoms with Crippen LogP contribution < -0.4 is 4.74 Å². The highest BCUT2D eigenvalue weighted by molar-refractivity contribution is 5.75. The van der Waals surface area contributed by atoms with E-state index in [1.807, 2.05) is 30.3 Å². The Balaban J connectivity index is 1.70. The van der Waals surface area contributed by atoms with Gasteiger partial charge in [0.15, 0.2) is 0 Å². The zero-order valence-corrected chi connectivity index (χ0v) is 21.1. The van der Waals surface area contributed by atoms with E-state index in [0.29, 0.717) is 17.0 Å². The van der Waals surface area contributed by atoms with Crippen LogP contribution in [0.2, 0.25) is 0 Å². The highest BCUT2D eigenvalue weighted by Crippen LogP contribution is 2.41. The second-order valence-corrected chi connectivity index (χ2v) is 9.82. The number of benzene rings is 2. The van der Waals surface area contributed by atoms with Gasteiger partial charge in [-0.15, -0.1) is 0 Å². The normalized spacial score (nSPS) is 17.6. The third kappa shape index (κ3) is 6.87. The summed E-state index contributed by atoms with van der Waals surface area (Å²) in [5.41, 5.74) is 3.95. The van der Waals surface area contributed by atoms with Crippen molar-refractivity contribution in [1.82, 2.24) is 0 Å². The zero-order chi connectivity index (χ0) is 24.2. The number of rotatable bonds is 12. The van der Waals surface area contributed by atoms with Crippen molar-refractivity contribution in [2.75, 3.05) is 6.61 Å². The van der Waals surface area contributed by atoms with Crippen LogP contribution in [0.15, 0.2) is 36.4 Å². The molecule has 1 aliphatic rings. The van der Waals surface area contributed by atoms with Crippen molar-refractivity contribution >= 4 is 0 Å². The number of ether oxygens (including phenoxy) is 1. The maximum absolute atomic E-state index is 10.0. The second-order valence-electron chi connectivity index (χ2n) is 9.82. The molecule has 1 fully saturated rings. The van der Waals surface area contributed by atoms with E-state index in [0.717, 1.165) is 54.2 Å². The van der Waals surface area contributed by atoms with Gasteiger partial charge in [-0.3, -0.25) is 0 Å². The lowest BCUT2D eigenvalue weighted by atomic mass is 9.75. The lowest BCUT2D eigenvalue weighted by molar-refractivity contribution is 0.302. The SMILES string of the molecule is CCCCCCOc1ccc(-c2ccc(C3CCC(CCCCC)CC3)c(C#N)c2C#N)cc1. The Morgan fingerprint density at radius 3 is 2.09 bits per heavy atom. The molecule has 1 aliphatic carbocycles. The molecule has 0 bridgehead atoms. The first-order chi connectivity index (χ1) is 16.7. The van der Waals surface area contributed by atoms with Crippen LogP contribution in [0.25, 0.3) is 11.1 Å². The molecular formula is C31H40N2O. The highest BCUT2D eigenvalue weighted by atomic mass is 16.5. The molecule has 3 heteroatoms. The Labute approximate surface area is 206 Å². The van der Waals surface area contributed by atoms with Gasteiger partial charge in [0.2, 0.25) is 0 Å². The van der Waals surface area contributed by atoms with E-state index < -0.39 is 0 Å². The summed E-state index contributed by atoms with van der Waals surface area (Å²) in [4.78, 5) is 0. The van der Waals surface area contributed by atoms with E-state index >= 15 is 0 Å². The average molecular weight is 457 g/mol. The molecule has 0 spiro atoms. The molecular weight excluding hydrogens is 416 g/mol. The molecule has 1 saturated carbocycles. The third-order valence-corrected chi connectivity index (χ3v) is 7.40. The Morgan fingerprint density at radius 1 is 0.765 bits per heavy atom. The van der Waals surface area contributed by atoms with Crippen molar-refractivity contribution in [3.8, 4) is 29.0 Å². The van der Waals surface area contributed by atoms with E-state index in [2.05, 4.69) is 32.1 Å². The van der Waals surface area contributed by atoms with E-state index in [4.69, 9.17) is 4.74 Å². The summed E-state index contributed by atoms with van der Waals surface area (Å²) >= 11 is 0. The monoisotopic (exact) mass is 456 g/mol. The Morgan fingerprint density at radius 2 is 1.44 bits per heavy atom. The molecule has 3 nitrogen and oxygen atoms in total. The molecule has 0 N–H and O–H groups in total. The topological polar surface area (TPSA) is 56.8 Å². The van der Waals surface area contributed by atoms with E-state index in [9.17, 15) is 10.5 Å². The summed E-state index contributed by atoms with van der Waals surface area (Å²) in [5, 5.41) is 20.0. The lowest BCUT2D eigenvalue weighted by Gasteiger charge is -2.29. The van der Waals surface area contributed by atoms with Gasteiger partial charge in [0.05, 0.1) is 17.7 Å². The molecule has 2 aromatic carbocycles. The van der Waals surface area contributed by atoms with Crippen LogP contribution in [0.1, 0.15) is 114 Å². The van der Waals surface area contributed by atoms with E-state index in [1.54, 1.807) is 0 Å². The minimum Gasteiger partial charge on any atom is -0.494 e. The quantitative estimate of drug-likeness (QED) is 0.300. The minimum atomic E-state index is 0.390. The van der Waals surface area contributed by atoms with Crippen molar-refractivity contribution in [2.24, 2.45) is 5.92 Å². The van der Waals surface area contributed by atoms with Gasteiger partial charge in [-0.05, 0) is 67.2 Å². The van der Waals surface area contributed by atoms with Crippen molar-refractivity contribution in [3.63, 3.8) is 0 Å². The first kappa shape index (κ1) is 25.8. The lowest BCUT2D eigenvalue weighted by Crippen LogP contribution is -2.15. The summed E-state index contributed by atoms with van der Waals surface area (Å²) < 4.78 is 5.87. The van der Waals surface area contributed by atoms with E-state index in [-0.39, 0.29) is 0 Å². The van der Waals surface area contributed by atoms with Gasteiger partial charge in [0.25, 0.3) is 0 Å². The molecule has 0 amide bonds. The van der Waals surface area contributed by atoms with E-state index in [1.165, 1.54) is 57.8 Å². The number of hydrogen-bond donors (Lipinski definition) is 0. The Hall–Kier alpha value is -2.78. The fourth-order valence-corrected chi connectivity index (χ4v) is 5.33. The maximum Gasteiger partial charge on any atom is 0.119 e. The van der Waals surface area contributed by atoms with Gasteiger partial charge in [-0.25, -0.2) is 0 Å². The van der Waals surface area contributed by atoms with Crippen LogP contribution in [0, 0.1) is 28.6 Å². The standard InChI is InChI=1S/C31H40N2O/c1-3-5-7-9-21-34-27-17-15-26(16-18-27)29-20-19-28(30(22-32)31(29)23-33)25-13-11-24(12-14-25)10-8-6-4-2/h15-20,24-25H,3-14,21H2,1-2H3. The van der Waals surface area contributed by atoms with Gasteiger partial charge in [-0.1, -0.05) is 83.1 Å². The van der Waals surface area contributed by atoms with Crippen molar-refractivity contribution in [3.05, 3.63) is 53.1 Å². The summed E-state index contributed by atoms with van der Waals surface area (Å²) in [6.07, 6.45) is 14.8. The number of nitriles is 2. The van der Waals surface area contributed by atoms with Gasteiger partial charge >= 0.3 is 0 Å². The number of nitrogens with zero attached hydrogens (tertiary/aromatic N) is 2. The summed E-state index contributed by atoms with van der Waals surface area (Å²) in [5.74, 6) is 2.07. The molecule has 0 radical (unpaired) electrons. The summed E-state index contributed by atoms with van der Waals surface area (Å²) in [6, 6.07) is 16.8. The van der Waals surface area contributed by atoms with Crippen molar-refractivity contribution in [2.45, 2.75) is 96.8 Å². The van der Waals surface area contributed by atoms with Gasteiger partial charge in [-0.2, -0.15) is 10.5 Å². The fourth-order valence-electron chi connectivity index (χ4n) is 5.33. The Bertz CT molecular complexity index is 972. The van der Waals surface area contributed by atoms with Crippen LogP contribution in [0.5, 0.6) is 5.75 Å². The predicted octanol–water partition coefficient (Wildman–Crippen LogP) is 8.91. The van der Waals surface area contributed by atoms with Crippen LogP contribution in [0.3, 0.4) is 0 Å². The molecule has 0 saturated heterocycles. The van der Waals surface area contributed by atoms with Crippen LogP contribution in [-0.4, -0.2) is 6.61 Å². The highest BCUT2D eigenvalue weighted by Gasteiger charge is 2.26. The average Bonchev–Trinajstić information content (AvgIpc) is 2.88.